The molecule has 2 aliphatic heterocycles. The number of carboxylic acid groups (broad SMARTS) is 2. The van der Waals surface area contributed by atoms with Crippen molar-refractivity contribution in [2.45, 2.75) is 20.4 Å². The number of thiocarbonyl (C=S) groups is 1. The van der Waals surface area contributed by atoms with Gasteiger partial charge in [-0.1, -0.05) is 0 Å². The van der Waals surface area contributed by atoms with Crippen LogP contribution in [-0.2, 0) is 20.9 Å². The number of carbonyl (C=O) groups excluding carboxylic acids is 1. The Morgan fingerprint density at radius 3 is 2.31 bits per heavy atom. The topological polar surface area (TPSA) is 140 Å². The molecule has 0 radical (unpaired) electrons. The van der Waals surface area contributed by atoms with Gasteiger partial charge in [-0.25, -0.2) is 0 Å². The molecular formula is C28H23N3O7S3Se. The van der Waals surface area contributed by atoms with Crippen LogP contribution >= 0.6 is 35.3 Å². The van der Waals surface area contributed by atoms with Crippen LogP contribution in [0.5, 0.6) is 0 Å². The van der Waals surface area contributed by atoms with Crippen LogP contribution < -0.4 is 24.1 Å². The van der Waals surface area contributed by atoms with Gasteiger partial charge in [0.1, 0.15) is 0 Å². The van der Waals surface area contributed by atoms with Crippen LogP contribution in [0.1, 0.15) is 13.8 Å². The number of nitrogens with zero attached hydrogens (tertiary/aromatic N) is 3. The normalized spacial score (nSPS) is 17.9. The first-order chi connectivity index (χ1) is 20.0. The number of thioether (sulfide) groups is 1. The molecule has 0 atom stereocenters. The number of carboxylic acids is 2. The van der Waals surface area contributed by atoms with Crippen LogP contribution in [-0.4, -0.2) is 68.7 Å². The molecule has 0 bridgehead atoms. The third-order valence-electron chi connectivity index (χ3n) is 6.41. The molecule has 3 heterocycles. The summed E-state index contributed by atoms with van der Waals surface area (Å²) in [7, 11) is 0. The van der Waals surface area contributed by atoms with Gasteiger partial charge in [0.25, 0.3) is 0 Å². The number of carbonyl (C=O) groups is 3. The number of benzene rings is 2. The van der Waals surface area contributed by atoms with Crippen molar-refractivity contribution in [3.63, 3.8) is 0 Å². The Bertz CT molecular complexity index is 1860. The molecular weight excluding hydrogens is 665 g/mol. The van der Waals surface area contributed by atoms with Gasteiger partial charge < -0.3 is 0 Å². The van der Waals surface area contributed by atoms with Crippen molar-refractivity contribution in [2.75, 3.05) is 11.4 Å². The van der Waals surface area contributed by atoms with E-state index in [0.717, 1.165) is 53.5 Å². The second-order valence-corrected chi connectivity index (χ2v) is 14.4. The number of fused-ring (bicyclic) bond motifs is 1. The Hall–Kier alpha value is -3.52. The summed E-state index contributed by atoms with van der Waals surface area (Å²) >= 11 is 6.47. The van der Waals surface area contributed by atoms with Crippen molar-refractivity contribution in [1.29, 1.82) is 0 Å². The fourth-order valence-corrected chi connectivity index (χ4v) is 9.31. The molecule has 2 aromatic carbocycles. The molecule has 0 unspecified atom stereocenters. The third-order valence-corrected chi connectivity index (χ3v) is 11.5. The summed E-state index contributed by atoms with van der Waals surface area (Å²) in [5, 5.41) is 29.5. The van der Waals surface area contributed by atoms with E-state index >= 15 is 0 Å². The van der Waals surface area contributed by atoms with E-state index in [0.29, 0.717) is 10.6 Å². The van der Waals surface area contributed by atoms with E-state index < -0.39 is 29.9 Å². The molecule has 5 rings (SSSR count). The molecule has 2 aliphatic rings. The summed E-state index contributed by atoms with van der Waals surface area (Å²) < 4.78 is 2.91. The molecule has 14 heteroatoms. The molecule has 1 aromatic heterocycles. The van der Waals surface area contributed by atoms with Crippen molar-refractivity contribution in [2.24, 2.45) is 5.92 Å². The van der Waals surface area contributed by atoms with Crippen LogP contribution in [0.4, 0.5) is 5.69 Å². The third kappa shape index (κ3) is 5.74. The minimum absolute atomic E-state index is 0.0358. The standard InChI is InChI=1S/C28H23N3O7S3Se/c1-14(2)17(23-25(36)30(13-22(34)35)27(40-23)24-26(37)31(38)28(39)41-24)11-20-29(12-21(32)33)18-10-16(8-9-19(18)42-20)15-6-4-3-5-7-15/h3-11,14,38H,12-13H2,1-2H3,(H,32,33)(H,34,35)/b20-11-,23-17-,27-24-. The van der Waals surface area contributed by atoms with Crippen LogP contribution in [0.25, 0.3) is 21.6 Å². The van der Waals surface area contributed by atoms with Gasteiger partial charge in [0.05, 0.1) is 0 Å². The quantitative estimate of drug-likeness (QED) is 0.191. The van der Waals surface area contributed by atoms with E-state index in [2.05, 4.69) is 0 Å². The van der Waals surface area contributed by atoms with Gasteiger partial charge in [-0.3, -0.25) is 0 Å². The number of thiazole rings is 1. The number of hydrogen-bond acceptors (Lipinski definition) is 9. The number of anilines is 1. The number of hydroxylamine groups is 2. The predicted molar refractivity (Wildman–Crippen MR) is 166 cm³/mol. The van der Waals surface area contributed by atoms with Crippen molar-refractivity contribution >= 4 is 93.1 Å². The number of aliphatic carboxylic acids is 2. The van der Waals surface area contributed by atoms with Crippen molar-refractivity contribution in [3.05, 3.63) is 78.8 Å². The monoisotopic (exact) mass is 689 g/mol. The number of allylic oxidation sites excluding steroid dienone is 1. The molecule has 0 spiro atoms. The van der Waals surface area contributed by atoms with E-state index in [1.54, 1.807) is 4.90 Å². The SMILES string of the molecule is CC(C)C(/C=C1\[Se]c2ccc(-c3ccccc3)cc2N1CC(=O)O)=c1\s/c(=C2\SC(=S)N(O)C2=O)n(CC(=O)O)c1=O. The van der Waals surface area contributed by atoms with Crippen molar-refractivity contribution in [3.8, 4) is 11.1 Å². The first kappa shape index (κ1) is 30.0. The summed E-state index contributed by atoms with van der Waals surface area (Å²) in [4.78, 5) is 51.6. The molecule has 3 N–H and O–H groups in total. The zero-order valence-corrected chi connectivity index (χ0v) is 26.3. The summed E-state index contributed by atoms with van der Waals surface area (Å²) in [6.45, 7) is 2.79. The molecule has 42 heavy (non-hydrogen) atoms. The number of amides is 1. The van der Waals surface area contributed by atoms with Gasteiger partial charge in [-0.05, 0) is 0 Å². The van der Waals surface area contributed by atoms with Gasteiger partial charge >= 0.3 is 260 Å². The average molecular weight is 689 g/mol. The first-order valence-corrected chi connectivity index (χ1v) is 16.2. The zero-order valence-electron chi connectivity index (χ0n) is 22.1. The number of hydrogen-bond donors (Lipinski definition) is 3. The maximum atomic E-state index is 13.7. The van der Waals surface area contributed by atoms with E-state index in [-0.39, 0.29) is 45.8 Å². The molecule has 1 amide bonds. The Morgan fingerprint density at radius 1 is 1.02 bits per heavy atom. The van der Waals surface area contributed by atoms with Gasteiger partial charge in [0.2, 0.25) is 0 Å². The van der Waals surface area contributed by atoms with Crippen molar-refractivity contribution in [1.82, 2.24) is 9.63 Å². The fourth-order valence-electron chi connectivity index (χ4n) is 4.47. The zero-order chi connectivity index (χ0) is 30.3. The molecule has 3 aromatic rings. The Balaban J connectivity index is 1.72. The summed E-state index contributed by atoms with van der Waals surface area (Å²) in [6.07, 6.45) is 1.81. The van der Waals surface area contributed by atoms with Crippen molar-refractivity contribution < 1.29 is 29.8 Å². The predicted octanol–water partition coefficient (Wildman–Crippen LogP) is 1.60. The maximum absolute atomic E-state index is 13.7. The Kier molecular flexibility index (Phi) is 8.56. The number of rotatable bonds is 7. The van der Waals surface area contributed by atoms with Crippen LogP contribution in [0, 0.1) is 5.92 Å². The minimum atomic E-state index is -1.27. The van der Waals surface area contributed by atoms with Crippen LogP contribution in [0.3, 0.4) is 0 Å². The Morgan fingerprint density at radius 2 is 1.71 bits per heavy atom. The molecule has 10 nitrogen and oxygen atoms in total. The summed E-state index contributed by atoms with van der Waals surface area (Å²) in [5.74, 6) is -3.34. The summed E-state index contributed by atoms with van der Waals surface area (Å²) in [5.41, 5.74) is 2.71. The van der Waals surface area contributed by atoms with Gasteiger partial charge in [-0.2, -0.15) is 0 Å². The first-order valence-electron chi connectivity index (χ1n) is 12.5. The van der Waals surface area contributed by atoms with E-state index in [4.69, 9.17) is 12.2 Å². The molecule has 0 saturated carbocycles. The Labute approximate surface area is 259 Å². The second-order valence-electron chi connectivity index (χ2n) is 9.56. The molecule has 0 aliphatic carbocycles. The van der Waals surface area contributed by atoms with Crippen LogP contribution in [0.15, 0.2) is 64.0 Å². The van der Waals surface area contributed by atoms with E-state index in [9.17, 15) is 34.6 Å². The molecule has 1 saturated heterocycles. The fraction of sp³-hybridized carbons (Fsp3) is 0.179. The average Bonchev–Trinajstić information content (AvgIpc) is 3.53. The van der Waals surface area contributed by atoms with Gasteiger partial charge in [0.15, 0.2) is 0 Å². The molecule has 1 fully saturated rings. The summed E-state index contributed by atoms with van der Waals surface area (Å²) in [6, 6.07) is 15.7. The van der Waals surface area contributed by atoms with Gasteiger partial charge in [0, 0.05) is 0 Å². The van der Waals surface area contributed by atoms with E-state index in [1.165, 1.54) is 0 Å². The second kappa shape index (κ2) is 12.0. The molecule has 216 valence electrons. The van der Waals surface area contributed by atoms with Gasteiger partial charge in [-0.15, -0.1) is 0 Å². The van der Waals surface area contributed by atoms with Crippen LogP contribution in [0.2, 0.25) is 0 Å². The van der Waals surface area contributed by atoms with E-state index in [1.807, 2.05) is 68.5 Å². The number of aromatic nitrogens is 1.